The number of halogens is 4. The van der Waals surface area contributed by atoms with Gasteiger partial charge in [0.15, 0.2) is 11.4 Å². The first-order valence-electron chi connectivity index (χ1n) is 15.0. The quantitative estimate of drug-likeness (QED) is 0.202. The van der Waals surface area contributed by atoms with Crippen molar-refractivity contribution >= 4 is 77.3 Å². The summed E-state index contributed by atoms with van der Waals surface area (Å²) in [4.78, 5) is 16.4. The Hall–Kier alpha value is -1.31. The molecule has 0 spiro atoms. The number of rotatable bonds is 3. The number of methoxy groups -OCH3 is 2. The summed E-state index contributed by atoms with van der Waals surface area (Å²) in [6, 6.07) is 26.6. The van der Waals surface area contributed by atoms with Crippen molar-refractivity contribution in [2.45, 2.75) is 77.2 Å². The van der Waals surface area contributed by atoms with Crippen molar-refractivity contribution in [3.8, 4) is 0 Å². The molecule has 50 heavy (non-hydrogen) atoms. The zero-order valence-corrected chi connectivity index (χ0v) is 38.6. The standard InChI is InChI=1S/2C7H5N.C7H6O2.2C3H8O.C2H6O.3C2H6.CH3F.2CH4.3HI.V/c2*1-8-7-5-3-2-4-6-7;8-7(9)6-4-2-1-3-5-6;2*1-3-4-2;1-2-3;4*1-2;;;;;;/h2*2-6H;1-5H,(H,8,9);2*3H2,1-2H3;3H,2H2,1H3;3*1-2H3;1H3;2*1H4;3*1H;/q;;;;;;;;;;;;;;;+3/p-3. The average Bonchev–Trinajstić information content (AvgIpc) is 3.16. The molecule has 12 heteroatoms. The van der Waals surface area contributed by atoms with E-state index in [0.717, 1.165) is 13.2 Å². The van der Waals surface area contributed by atoms with Crippen LogP contribution in [0.3, 0.4) is 0 Å². The van der Waals surface area contributed by atoms with Gasteiger partial charge in [-0.2, -0.15) is 0 Å². The van der Waals surface area contributed by atoms with Crippen LogP contribution >= 0.6 is 59.9 Å². The molecule has 2 N–H and O–H groups in total. The Morgan fingerprint density at radius 2 is 0.840 bits per heavy atom. The summed E-state index contributed by atoms with van der Waals surface area (Å²) in [5.41, 5.74) is 1.73. The molecule has 3 aromatic carbocycles. The van der Waals surface area contributed by atoms with Crippen LogP contribution in [-0.4, -0.2) is 57.4 Å². The van der Waals surface area contributed by atoms with Gasteiger partial charge in [-0.1, -0.05) is 135 Å². The molecule has 0 unspecified atom stereocenters. The van der Waals surface area contributed by atoms with Gasteiger partial charge in [0.2, 0.25) is 0 Å². The van der Waals surface area contributed by atoms with Crippen LogP contribution in [0.4, 0.5) is 15.8 Å². The predicted octanol–water partition coefficient (Wildman–Crippen LogP) is 14.8. The molecule has 0 aliphatic rings. The van der Waals surface area contributed by atoms with Crippen molar-refractivity contribution in [1.82, 2.24) is 0 Å². The summed E-state index contributed by atoms with van der Waals surface area (Å²) >= 11 is 7.39. The SMILES string of the molecule is C.C.CC.CC.CC.CCO.CCOC.CCOC.CF.O=C(O)c1ccccc1.[C-]#[N+]c1ccccc1.[C-]#[N+]c1ccccc1.[I][V]([I])[I]. The molecule has 0 atom stereocenters. The minimum absolute atomic E-state index is 0. The Labute approximate surface area is 345 Å². The molecule has 292 valence electrons. The van der Waals surface area contributed by atoms with Crippen LogP contribution in [-0.2, 0) is 14.4 Å². The molecule has 0 aromatic heterocycles. The van der Waals surface area contributed by atoms with Crippen LogP contribution in [0.25, 0.3) is 9.69 Å². The first-order valence-corrected chi connectivity index (χ1v) is 28.5. The number of aromatic carboxylic acids is 1. The van der Waals surface area contributed by atoms with Gasteiger partial charge in [-0.25, -0.2) is 14.5 Å². The number of aliphatic hydroxyl groups excluding tert-OH is 1. The van der Waals surface area contributed by atoms with E-state index in [4.69, 9.17) is 23.4 Å². The predicted molar refractivity (Wildman–Crippen MR) is 243 cm³/mol. The van der Waals surface area contributed by atoms with Crippen molar-refractivity contribution in [3.63, 3.8) is 0 Å². The summed E-state index contributed by atoms with van der Waals surface area (Å²) in [7, 11) is 3.86. The zero-order valence-electron chi connectivity index (χ0n) is 30.8. The number of hydrogen-bond donors (Lipinski definition) is 2. The molecule has 0 saturated heterocycles. The van der Waals surface area contributed by atoms with Gasteiger partial charge in [-0.05, 0) is 32.9 Å². The van der Waals surface area contributed by atoms with Crippen LogP contribution < -0.4 is 0 Å². The molecule has 0 amide bonds. The number of benzene rings is 3. The maximum atomic E-state index is 10.2. The van der Waals surface area contributed by atoms with E-state index in [9.17, 15) is 9.18 Å². The summed E-state index contributed by atoms with van der Waals surface area (Å²) in [6.07, 6.45) is 0. The fraction of sp³-hybridized carbons (Fsp3) is 0.447. The number of aliphatic hydroxyl groups is 1. The average molecular weight is 1080 g/mol. The van der Waals surface area contributed by atoms with Gasteiger partial charge in [0.05, 0.1) is 25.9 Å². The van der Waals surface area contributed by atoms with Crippen molar-refractivity contribution in [2.24, 2.45) is 0 Å². The number of alkyl halides is 1. The van der Waals surface area contributed by atoms with Gasteiger partial charge in [-0.15, -0.1) is 0 Å². The van der Waals surface area contributed by atoms with Crippen molar-refractivity contribution in [3.05, 3.63) is 119 Å². The number of carbonyl (C=O) groups is 1. The number of nitrogens with zero attached hydrogens (tertiary/aromatic N) is 2. The minimum atomic E-state index is -0.879. The molecule has 0 heterocycles. The normalized spacial score (nSPS) is 6.88. The molecule has 0 fully saturated rings. The van der Waals surface area contributed by atoms with E-state index in [2.05, 4.69) is 79.1 Å². The summed E-state index contributed by atoms with van der Waals surface area (Å²) in [5, 5.41) is 16.0. The van der Waals surface area contributed by atoms with E-state index in [1.165, 1.54) is 0 Å². The second kappa shape index (κ2) is 81.6. The van der Waals surface area contributed by atoms with E-state index in [-0.39, 0.29) is 26.4 Å². The Balaban J connectivity index is -0.0000000461. The Kier molecular flexibility index (Phi) is 121. The van der Waals surface area contributed by atoms with Crippen LogP contribution in [0.5, 0.6) is 0 Å². The Morgan fingerprint density at radius 1 is 0.660 bits per heavy atom. The molecule has 0 bridgehead atoms. The number of para-hydroxylation sites is 2. The fourth-order valence-electron chi connectivity index (χ4n) is 1.59. The molecule has 7 nitrogen and oxygen atoms in total. The van der Waals surface area contributed by atoms with E-state index in [0.29, 0.717) is 24.1 Å². The number of carboxylic acids is 1. The maximum absolute atomic E-state index is 10.2. The third kappa shape index (κ3) is 91.2. The Morgan fingerprint density at radius 3 is 0.940 bits per heavy atom. The molecule has 3 aromatic rings. The van der Waals surface area contributed by atoms with E-state index in [1.807, 2.05) is 91.8 Å². The third-order valence-corrected chi connectivity index (χ3v) is 3.37. The van der Waals surface area contributed by atoms with Gasteiger partial charge >= 0.3 is 70.8 Å². The topological polar surface area (TPSA) is 84.7 Å². The van der Waals surface area contributed by atoms with Gasteiger partial charge in [0, 0.05) is 34.0 Å². The molecule has 3 rings (SSSR count). The van der Waals surface area contributed by atoms with Crippen molar-refractivity contribution in [2.75, 3.05) is 41.2 Å². The fourth-order valence-corrected chi connectivity index (χ4v) is 1.59. The summed E-state index contributed by atoms with van der Waals surface area (Å²) < 4.78 is 18.6. The van der Waals surface area contributed by atoms with Gasteiger partial charge < -0.3 is 19.7 Å². The third-order valence-electron chi connectivity index (χ3n) is 3.37. The molecule has 0 aliphatic carbocycles. The Bertz CT molecular complexity index is 940. The van der Waals surface area contributed by atoms with Gasteiger partial charge in [-0.3, -0.25) is 4.39 Å². The molecule has 0 aliphatic heterocycles. The molecular formula is C38H67FI3N2O5V. The molecular weight excluding hydrogens is 1020 g/mol. The summed E-state index contributed by atoms with van der Waals surface area (Å²) in [6.45, 7) is 32.6. The van der Waals surface area contributed by atoms with E-state index >= 15 is 0 Å². The first kappa shape index (κ1) is 74.0. The van der Waals surface area contributed by atoms with Crippen LogP contribution in [0.2, 0.25) is 0 Å². The van der Waals surface area contributed by atoms with E-state index in [1.54, 1.807) is 75.7 Å². The second-order valence-corrected chi connectivity index (χ2v) is 41.6. The zero-order chi connectivity index (χ0) is 39.4. The van der Waals surface area contributed by atoms with Crippen molar-refractivity contribution < 1.29 is 33.8 Å². The van der Waals surface area contributed by atoms with E-state index < -0.39 is 5.97 Å². The van der Waals surface area contributed by atoms with Gasteiger partial charge in [0.1, 0.15) is 0 Å². The van der Waals surface area contributed by atoms with Gasteiger partial charge in [0.25, 0.3) is 0 Å². The van der Waals surface area contributed by atoms with Crippen LogP contribution in [0, 0.1) is 13.1 Å². The van der Waals surface area contributed by atoms with Crippen molar-refractivity contribution in [1.29, 1.82) is 0 Å². The molecule has 0 saturated carbocycles. The molecule has 0 radical (unpaired) electrons. The van der Waals surface area contributed by atoms with Crippen LogP contribution in [0.15, 0.2) is 91.0 Å². The number of ether oxygens (including phenoxy) is 2. The number of hydrogen-bond acceptors (Lipinski definition) is 4. The first-order chi connectivity index (χ1) is 23.1. The summed E-state index contributed by atoms with van der Waals surface area (Å²) in [5.74, 6) is -0.879. The number of carboxylic acid groups (broad SMARTS) is 1. The van der Waals surface area contributed by atoms with Crippen LogP contribution in [0.1, 0.15) is 87.5 Å². The monoisotopic (exact) mass is 1080 g/mol. The second-order valence-electron chi connectivity index (χ2n) is 6.23.